The summed E-state index contributed by atoms with van der Waals surface area (Å²) < 4.78 is 50.4. The van der Waals surface area contributed by atoms with Gasteiger partial charge in [0.05, 0.1) is 25.9 Å². The lowest BCUT2D eigenvalue weighted by Crippen LogP contribution is -2.65. The molecule has 0 saturated carbocycles. The summed E-state index contributed by atoms with van der Waals surface area (Å²) in [5.74, 6) is 0.981. The van der Waals surface area contributed by atoms with Crippen molar-refractivity contribution >= 4 is 18.7 Å². The highest BCUT2D eigenvalue weighted by Gasteiger charge is 2.52. The third-order valence-corrected chi connectivity index (χ3v) is 16.2. The molecule has 2 bridgehead atoms. The molecule has 2 N–H and O–H groups in total. The maximum atomic E-state index is 13.0. The van der Waals surface area contributed by atoms with Crippen molar-refractivity contribution in [1.29, 1.82) is 0 Å². The second kappa shape index (κ2) is 20.4. The Hall–Kier alpha value is -3.26. The second-order valence-corrected chi connectivity index (χ2v) is 19.6. The van der Waals surface area contributed by atoms with Crippen LogP contribution in [-0.2, 0) is 39.8 Å². The molecule has 308 valence electrons. The van der Waals surface area contributed by atoms with Crippen molar-refractivity contribution in [2.24, 2.45) is 5.92 Å². The number of ether oxygens (including phenoxy) is 8. The van der Waals surface area contributed by atoms with Crippen LogP contribution in [0.5, 0.6) is 5.75 Å². The molecule has 3 aliphatic heterocycles. The van der Waals surface area contributed by atoms with Crippen LogP contribution in [-0.4, -0.2) is 95.7 Å². The van der Waals surface area contributed by atoms with E-state index in [1.54, 1.807) is 21.3 Å². The van der Waals surface area contributed by atoms with E-state index in [1.165, 1.54) is 0 Å². The van der Waals surface area contributed by atoms with Crippen molar-refractivity contribution in [2.45, 2.75) is 121 Å². The molecule has 0 radical (unpaired) electrons. The van der Waals surface area contributed by atoms with E-state index < -0.39 is 50.2 Å². The predicted molar refractivity (Wildman–Crippen MR) is 220 cm³/mol. The van der Waals surface area contributed by atoms with Crippen molar-refractivity contribution < 1.29 is 47.8 Å². The fraction of sp³-hybridized carbons (Fsp3) is 0.556. The summed E-state index contributed by atoms with van der Waals surface area (Å²) in [7, 11) is 1.61. The summed E-state index contributed by atoms with van der Waals surface area (Å²) in [6, 6.07) is 28.1. The summed E-state index contributed by atoms with van der Waals surface area (Å²) in [5, 5.41) is 12.3. The lowest BCUT2D eigenvalue weighted by molar-refractivity contribution is -0.301. The van der Waals surface area contributed by atoms with E-state index in [4.69, 9.17) is 37.9 Å². The molecule has 0 spiro atoms. The maximum absolute atomic E-state index is 13.0. The number of unbranched alkanes of at least 4 members (excludes halogenated alkanes) is 1. The van der Waals surface area contributed by atoms with E-state index in [-0.39, 0.29) is 24.4 Å². The first-order chi connectivity index (χ1) is 27.0. The molecule has 0 amide bonds. The van der Waals surface area contributed by atoms with Crippen LogP contribution in [0.25, 0.3) is 0 Å². The number of methoxy groups -OCH3 is 3. The highest BCUT2D eigenvalue weighted by atomic mass is 28.4. The summed E-state index contributed by atoms with van der Waals surface area (Å²) in [4.78, 5) is 13.0. The predicted octanol–water partition coefficient (Wildman–Crippen LogP) is 7.06. The molecule has 8 atom stereocenters. The molecule has 1 saturated heterocycles. The van der Waals surface area contributed by atoms with Crippen molar-refractivity contribution in [3.8, 4) is 5.75 Å². The molecule has 3 heterocycles. The minimum absolute atomic E-state index is 0.0305. The average Bonchev–Trinajstić information content (AvgIpc) is 3.23. The molecule has 11 heteroatoms. The molecule has 0 aliphatic carbocycles. The third-order valence-electron chi connectivity index (χ3n) is 11.6. The Kier molecular flexibility index (Phi) is 16.0. The van der Waals surface area contributed by atoms with Crippen LogP contribution in [0.4, 0.5) is 0 Å². The van der Waals surface area contributed by atoms with E-state index in [0.29, 0.717) is 38.2 Å². The lowest BCUT2D eigenvalue weighted by Gasteiger charge is -2.46. The Bertz CT molecular complexity index is 1590. The average molecular weight is 793 g/mol. The first-order valence-corrected chi connectivity index (χ1v) is 22.1. The fourth-order valence-electron chi connectivity index (χ4n) is 8.05. The lowest BCUT2D eigenvalue weighted by atomic mass is 9.87. The Labute approximate surface area is 335 Å². The largest absolute Gasteiger partial charge is 0.506 e. The van der Waals surface area contributed by atoms with Crippen molar-refractivity contribution in [1.82, 2.24) is 0 Å². The molecular formula is C45H64O10Si. The minimum Gasteiger partial charge on any atom is -0.506 e. The third kappa shape index (κ3) is 9.88. The van der Waals surface area contributed by atoms with Crippen LogP contribution in [0.2, 0.25) is 5.04 Å². The normalized spacial score (nSPS) is 21.3. The molecule has 56 heavy (non-hydrogen) atoms. The molecule has 3 aromatic rings. The zero-order chi connectivity index (χ0) is 40.3. The summed E-state index contributed by atoms with van der Waals surface area (Å²) in [5.41, 5.74) is 0.985. The minimum atomic E-state index is -3.29. The molecule has 3 aromatic carbocycles. The smallest absolute Gasteiger partial charge is 0.258 e. The number of rotatable bonds is 23. The van der Waals surface area contributed by atoms with Crippen LogP contribution < -0.4 is 15.1 Å². The van der Waals surface area contributed by atoms with E-state index >= 15 is 0 Å². The van der Waals surface area contributed by atoms with Gasteiger partial charge in [0.2, 0.25) is 6.29 Å². The highest BCUT2D eigenvalue weighted by molar-refractivity contribution is 6.98. The topological polar surface area (TPSA) is 114 Å². The number of fused-ring (bicyclic) bond motifs is 3. The van der Waals surface area contributed by atoms with E-state index in [1.807, 2.05) is 60.7 Å². The summed E-state index contributed by atoms with van der Waals surface area (Å²) in [6.45, 7) is 11.7. The van der Waals surface area contributed by atoms with Gasteiger partial charge in [0.15, 0.2) is 17.6 Å². The molecule has 0 aromatic heterocycles. The van der Waals surface area contributed by atoms with Gasteiger partial charge in [0, 0.05) is 20.8 Å². The van der Waals surface area contributed by atoms with E-state index in [2.05, 4.69) is 58.9 Å². The van der Waals surface area contributed by atoms with Crippen LogP contribution in [0.3, 0.4) is 0 Å². The van der Waals surface area contributed by atoms with E-state index in [0.717, 1.165) is 34.5 Å². The standard InChI is InChI=1S/C45H64O10Si/c1-9-11-28-51-42(40(36(10-2)49-7)52-29-32-22-24-33(48-6)25-23-32)39(55-44-43-41(50-8)38(46)37(54-44)30-53-43)31(3)26-27-45(4,5)56(47,34-18-14-12-15-19-34)35-20-16-13-17-21-35/h12-25,31,36,39-44,46-47H,9-11,26-30H2,1-8H3/t31?,36-,39+,40?,41?,42?,43?,44-/m0/s1. The highest BCUT2D eigenvalue weighted by Crippen LogP contribution is 2.43. The monoisotopic (exact) mass is 792 g/mol. The zero-order valence-electron chi connectivity index (χ0n) is 34.5. The summed E-state index contributed by atoms with van der Waals surface area (Å²) >= 11 is 0. The van der Waals surface area contributed by atoms with Gasteiger partial charge in [-0.1, -0.05) is 114 Å². The molecule has 3 aliphatic rings. The van der Waals surface area contributed by atoms with Gasteiger partial charge in [-0.2, -0.15) is 0 Å². The number of aliphatic hydroxyl groups is 1. The van der Waals surface area contributed by atoms with Gasteiger partial charge in [-0.05, 0) is 64.7 Å². The van der Waals surface area contributed by atoms with Gasteiger partial charge >= 0.3 is 0 Å². The van der Waals surface area contributed by atoms with Crippen molar-refractivity contribution in [3.63, 3.8) is 0 Å². The first kappa shape index (κ1) is 43.9. The van der Waals surface area contributed by atoms with Gasteiger partial charge < -0.3 is 47.8 Å². The van der Waals surface area contributed by atoms with Crippen LogP contribution in [0, 0.1) is 5.92 Å². The number of hydrogen-bond acceptors (Lipinski definition) is 10. The maximum Gasteiger partial charge on any atom is 0.258 e. The Morgan fingerprint density at radius 1 is 0.857 bits per heavy atom. The van der Waals surface area contributed by atoms with E-state index in [9.17, 15) is 9.90 Å². The summed E-state index contributed by atoms with van der Waals surface area (Å²) in [6.07, 6.45) is -0.450. The van der Waals surface area contributed by atoms with Gasteiger partial charge in [-0.25, -0.2) is 0 Å². The number of aliphatic hydroxyl groups excluding tert-OH is 1. The van der Waals surface area contributed by atoms with Gasteiger partial charge in [0.1, 0.15) is 30.7 Å². The Balaban J connectivity index is 1.52. The second-order valence-electron chi connectivity index (χ2n) is 15.7. The Morgan fingerprint density at radius 2 is 1.50 bits per heavy atom. The molecule has 10 nitrogen and oxygen atoms in total. The van der Waals surface area contributed by atoms with Crippen molar-refractivity contribution in [3.05, 3.63) is 102 Å². The quantitative estimate of drug-likeness (QED) is 0.0765. The molecule has 1 fully saturated rings. The Morgan fingerprint density at radius 3 is 2.05 bits per heavy atom. The molecule has 6 rings (SSSR count). The van der Waals surface area contributed by atoms with Crippen LogP contribution >= 0.6 is 0 Å². The first-order valence-electron chi connectivity index (χ1n) is 20.1. The SMILES string of the molecule is CCCCOC(C(OCc1ccc(OC)cc1)[C@H](CC)OC)[C@H](O[C@@H]1OC2=C(O)C(OC)C1OC2)C(C)CCC(C)(C)[Si](O)(c1ccccc1)c1ccccc1. The van der Waals surface area contributed by atoms with Gasteiger partial charge in [0.25, 0.3) is 8.32 Å². The van der Waals surface area contributed by atoms with Crippen LogP contribution in [0.15, 0.2) is 96.4 Å². The van der Waals surface area contributed by atoms with Gasteiger partial charge in [-0.3, -0.25) is 0 Å². The molecular weight excluding hydrogens is 729 g/mol. The number of hydrogen-bond donors (Lipinski definition) is 2. The fourth-order valence-corrected chi connectivity index (χ4v) is 11.8. The zero-order valence-corrected chi connectivity index (χ0v) is 35.5. The van der Waals surface area contributed by atoms with Gasteiger partial charge in [-0.15, -0.1) is 0 Å². The van der Waals surface area contributed by atoms with Crippen LogP contribution in [0.1, 0.15) is 72.3 Å². The van der Waals surface area contributed by atoms with Crippen molar-refractivity contribution in [2.75, 3.05) is 34.5 Å². The number of benzene rings is 3. The molecule has 5 unspecified atom stereocenters.